The number of aliphatic hydroxyl groups is 1. The average molecular weight is 193 g/mol. The van der Waals surface area contributed by atoms with Crippen LogP contribution in [0.1, 0.15) is 16.8 Å². The maximum atomic E-state index is 9.73. The minimum atomic E-state index is -0.756. The molecule has 0 radical (unpaired) electrons. The van der Waals surface area contributed by atoms with Gasteiger partial charge in [0.05, 0.1) is 5.69 Å². The number of nitrogens with zero attached hydrogens (tertiary/aromatic N) is 3. The Morgan fingerprint density at radius 1 is 1.38 bits per heavy atom. The molecule has 0 saturated carbocycles. The summed E-state index contributed by atoms with van der Waals surface area (Å²) in [5.74, 6) is 0. The van der Waals surface area contributed by atoms with Crippen molar-refractivity contribution < 1.29 is 5.11 Å². The van der Waals surface area contributed by atoms with Gasteiger partial charge in [-0.2, -0.15) is 10.2 Å². The van der Waals surface area contributed by atoms with E-state index in [4.69, 9.17) is 0 Å². The van der Waals surface area contributed by atoms with Crippen LogP contribution in [0.5, 0.6) is 0 Å². The third-order valence-electron chi connectivity index (χ3n) is 1.56. The molecule has 2 aromatic heterocycles. The van der Waals surface area contributed by atoms with Crippen LogP contribution in [0.15, 0.2) is 29.9 Å². The molecule has 66 valence electrons. The summed E-state index contributed by atoms with van der Waals surface area (Å²) in [5.41, 5.74) is 0.525. The molecule has 1 unspecified atom stereocenters. The summed E-state index contributed by atoms with van der Waals surface area (Å²) in [7, 11) is 0. The van der Waals surface area contributed by atoms with E-state index in [1.807, 2.05) is 5.38 Å². The van der Waals surface area contributed by atoms with E-state index in [9.17, 15) is 5.11 Å². The van der Waals surface area contributed by atoms with Gasteiger partial charge in [0, 0.05) is 17.8 Å². The quantitative estimate of drug-likeness (QED) is 0.773. The highest BCUT2D eigenvalue weighted by Gasteiger charge is 2.13. The average Bonchev–Trinajstić information content (AvgIpc) is 2.71. The molecule has 0 amide bonds. The second-order valence-corrected chi connectivity index (χ2v) is 3.35. The van der Waals surface area contributed by atoms with Crippen molar-refractivity contribution in [1.82, 2.24) is 15.2 Å². The monoisotopic (exact) mass is 193 g/mol. The lowest BCUT2D eigenvalue weighted by molar-refractivity contribution is 0.213. The molecule has 0 aliphatic heterocycles. The zero-order valence-corrected chi connectivity index (χ0v) is 7.48. The van der Waals surface area contributed by atoms with Crippen LogP contribution in [0.4, 0.5) is 0 Å². The van der Waals surface area contributed by atoms with E-state index >= 15 is 0 Å². The highest BCUT2D eigenvalue weighted by atomic mass is 32.1. The summed E-state index contributed by atoms with van der Waals surface area (Å²) >= 11 is 1.40. The Morgan fingerprint density at radius 2 is 2.31 bits per heavy atom. The van der Waals surface area contributed by atoms with Gasteiger partial charge in [-0.05, 0) is 12.1 Å². The van der Waals surface area contributed by atoms with Crippen LogP contribution in [0.25, 0.3) is 0 Å². The van der Waals surface area contributed by atoms with Crippen LogP contribution in [0.2, 0.25) is 0 Å². The molecule has 4 nitrogen and oxygen atoms in total. The third kappa shape index (κ3) is 1.71. The summed E-state index contributed by atoms with van der Waals surface area (Å²) in [6, 6.07) is 3.46. The molecule has 0 aliphatic rings. The molecule has 5 heteroatoms. The normalized spacial score (nSPS) is 12.7. The minimum absolute atomic E-state index is 0.525. The molecule has 0 aromatic carbocycles. The molecule has 0 fully saturated rings. The Labute approximate surface area is 78.9 Å². The first-order valence-corrected chi connectivity index (χ1v) is 4.61. The molecule has 0 bridgehead atoms. The molecular weight excluding hydrogens is 186 g/mol. The predicted molar refractivity (Wildman–Crippen MR) is 48.2 cm³/mol. The summed E-state index contributed by atoms with van der Waals surface area (Å²) in [5, 5.41) is 19.7. The Morgan fingerprint density at radius 3 is 2.92 bits per heavy atom. The van der Waals surface area contributed by atoms with Crippen molar-refractivity contribution in [2.75, 3.05) is 0 Å². The fourth-order valence-corrected chi connectivity index (χ4v) is 1.59. The van der Waals surface area contributed by atoms with Gasteiger partial charge in [0.2, 0.25) is 0 Å². The smallest absolute Gasteiger partial charge is 0.149 e. The molecule has 0 spiro atoms. The SMILES string of the molecule is OC(c1cccnn1)c1nccs1. The number of hydrogen-bond acceptors (Lipinski definition) is 5. The van der Waals surface area contributed by atoms with Crippen molar-refractivity contribution in [1.29, 1.82) is 0 Å². The van der Waals surface area contributed by atoms with Crippen molar-refractivity contribution in [2.45, 2.75) is 6.10 Å². The summed E-state index contributed by atoms with van der Waals surface area (Å²) in [6.07, 6.45) is 2.46. The molecule has 0 saturated heterocycles. The van der Waals surface area contributed by atoms with E-state index in [0.29, 0.717) is 10.7 Å². The molecular formula is C8H7N3OS. The zero-order chi connectivity index (χ0) is 9.10. The van der Waals surface area contributed by atoms with Crippen LogP contribution in [0.3, 0.4) is 0 Å². The van der Waals surface area contributed by atoms with E-state index < -0.39 is 6.10 Å². The maximum absolute atomic E-state index is 9.73. The number of rotatable bonds is 2. The van der Waals surface area contributed by atoms with Crippen LogP contribution >= 0.6 is 11.3 Å². The van der Waals surface area contributed by atoms with Crippen molar-refractivity contribution in [2.24, 2.45) is 0 Å². The Balaban J connectivity index is 2.29. The third-order valence-corrected chi connectivity index (χ3v) is 2.39. The number of hydrogen-bond donors (Lipinski definition) is 1. The van der Waals surface area contributed by atoms with Gasteiger partial charge >= 0.3 is 0 Å². The predicted octanol–water partition coefficient (Wildman–Crippen LogP) is 1.01. The number of aromatic nitrogens is 3. The fraction of sp³-hybridized carbons (Fsp3) is 0.125. The van der Waals surface area contributed by atoms with Gasteiger partial charge in [-0.1, -0.05) is 0 Å². The van der Waals surface area contributed by atoms with E-state index in [1.165, 1.54) is 11.3 Å². The molecule has 2 rings (SSSR count). The maximum Gasteiger partial charge on any atom is 0.149 e. The lowest BCUT2D eigenvalue weighted by atomic mass is 10.2. The molecule has 2 aromatic rings. The van der Waals surface area contributed by atoms with E-state index in [0.717, 1.165) is 0 Å². The summed E-state index contributed by atoms with van der Waals surface area (Å²) < 4.78 is 0. The summed E-state index contributed by atoms with van der Waals surface area (Å²) in [4.78, 5) is 3.99. The van der Waals surface area contributed by atoms with Gasteiger partial charge in [0.1, 0.15) is 11.1 Å². The zero-order valence-electron chi connectivity index (χ0n) is 6.66. The molecule has 1 atom stereocenters. The van der Waals surface area contributed by atoms with Gasteiger partial charge in [-0.25, -0.2) is 4.98 Å². The second-order valence-electron chi connectivity index (χ2n) is 2.42. The van der Waals surface area contributed by atoms with Crippen LogP contribution in [-0.2, 0) is 0 Å². The van der Waals surface area contributed by atoms with Crippen LogP contribution in [0, 0.1) is 0 Å². The second kappa shape index (κ2) is 3.59. The van der Waals surface area contributed by atoms with Gasteiger partial charge in [-0.15, -0.1) is 11.3 Å². The summed E-state index contributed by atoms with van der Waals surface area (Å²) in [6.45, 7) is 0. The van der Waals surface area contributed by atoms with E-state index in [2.05, 4.69) is 15.2 Å². The molecule has 13 heavy (non-hydrogen) atoms. The largest absolute Gasteiger partial charge is 0.379 e. The first kappa shape index (κ1) is 8.28. The van der Waals surface area contributed by atoms with Crippen molar-refractivity contribution >= 4 is 11.3 Å². The Kier molecular flexibility index (Phi) is 2.29. The lowest BCUT2D eigenvalue weighted by Crippen LogP contribution is -2.02. The van der Waals surface area contributed by atoms with Crippen molar-refractivity contribution in [3.63, 3.8) is 0 Å². The lowest BCUT2D eigenvalue weighted by Gasteiger charge is -2.03. The first-order chi connectivity index (χ1) is 6.38. The molecule has 2 heterocycles. The minimum Gasteiger partial charge on any atom is -0.379 e. The molecule has 1 N–H and O–H groups in total. The van der Waals surface area contributed by atoms with Crippen LogP contribution < -0.4 is 0 Å². The van der Waals surface area contributed by atoms with Gasteiger partial charge in [0.15, 0.2) is 0 Å². The van der Waals surface area contributed by atoms with Crippen molar-refractivity contribution in [3.8, 4) is 0 Å². The Bertz CT molecular complexity index is 362. The van der Waals surface area contributed by atoms with Gasteiger partial charge < -0.3 is 5.11 Å². The molecule has 0 aliphatic carbocycles. The first-order valence-electron chi connectivity index (χ1n) is 3.73. The highest BCUT2D eigenvalue weighted by Crippen LogP contribution is 2.20. The van der Waals surface area contributed by atoms with Gasteiger partial charge in [0.25, 0.3) is 0 Å². The van der Waals surface area contributed by atoms with Crippen molar-refractivity contribution in [3.05, 3.63) is 40.6 Å². The van der Waals surface area contributed by atoms with E-state index in [-0.39, 0.29) is 0 Å². The Hall–Kier alpha value is -1.33. The topological polar surface area (TPSA) is 58.9 Å². The number of thiazole rings is 1. The standard InChI is InChI=1S/C8H7N3OS/c12-7(8-9-4-5-13-8)6-2-1-3-10-11-6/h1-5,7,12H. The van der Waals surface area contributed by atoms with Gasteiger partial charge in [-0.3, -0.25) is 0 Å². The van der Waals surface area contributed by atoms with E-state index in [1.54, 1.807) is 24.5 Å². The van der Waals surface area contributed by atoms with Crippen LogP contribution in [-0.4, -0.2) is 20.3 Å². The highest BCUT2D eigenvalue weighted by molar-refractivity contribution is 7.09. The fourth-order valence-electron chi connectivity index (χ4n) is 0.955. The number of aliphatic hydroxyl groups excluding tert-OH is 1.